The summed E-state index contributed by atoms with van der Waals surface area (Å²) in [5.74, 6) is 0.462. The van der Waals surface area contributed by atoms with Crippen molar-refractivity contribution in [1.82, 2.24) is 4.98 Å². The topological polar surface area (TPSA) is 16.1 Å². The Hall–Kier alpha value is -4.95. The molecule has 1 aromatic heterocycles. The number of hydrogen-bond donors (Lipinski definition) is 0. The number of aromatic nitrogens is 1. The second-order valence-corrected chi connectivity index (χ2v) is 10.3. The molecule has 0 aliphatic heterocycles. The van der Waals surface area contributed by atoms with Gasteiger partial charge in [0.1, 0.15) is 0 Å². The zero-order chi connectivity index (χ0) is 25.8. The van der Waals surface area contributed by atoms with Crippen LogP contribution < -0.4 is 4.90 Å². The SMILES string of the molecule is C1=C(c2ccc(N(c3ccccc3)c3ccnc4ccccc34)cc2)c2cccc3c2C(C1)c1ccccc1-3. The molecule has 2 aliphatic carbocycles. The number of fused-ring (bicyclic) bond motifs is 4. The highest BCUT2D eigenvalue weighted by atomic mass is 15.1. The third-order valence-electron chi connectivity index (χ3n) is 8.25. The molecule has 0 saturated carbocycles. The molecule has 0 radical (unpaired) electrons. The molecule has 8 rings (SSSR count). The van der Waals surface area contributed by atoms with E-state index in [-0.39, 0.29) is 0 Å². The molecular formula is C37H26N2. The molecule has 2 aliphatic rings. The van der Waals surface area contributed by atoms with Gasteiger partial charge in [-0.15, -0.1) is 0 Å². The number of nitrogens with zero attached hydrogens (tertiary/aromatic N) is 2. The number of hydrogen-bond acceptors (Lipinski definition) is 2. The highest BCUT2D eigenvalue weighted by Crippen LogP contribution is 2.52. The van der Waals surface area contributed by atoms with Gasteiger partial charge in [-0.05, 0) is 81.8 Å². The molecule has 39 heavy (non-hydrogen) atoms. The maximum atomic E-state index is 4.61. The van der Waals surface area contributed by atoms with Gasteiger partial charge in [-0.3, -0.25) is 4.98 Å². The Morgan fingerprint density at radius 1 is 0.590 bits per heavy atom. The third-order valence-corrected chi connectivity index (χ3v) is 8.25. The van der Waals surface area contributed by atoms with Crippen molar-refractivity contribution < 1.29 is 0 Å². The fourth-order valence-corrected chi connectivity index (χ4v) is 6.55. The van der Waals surface area contributed by atoms with Gasteiger partial charge in [0.25, 0.3) is 0 Å². The second-order valence-electron chi connectivity index (χ2n) is 10.3. The van der Waals surface area contributed by atoms with Gasteiger partial charge in [0.15, 0.2) is 0 Å². The van der Waals surface area contributed by atoms with E-state index in [1.807, 2.05) is 12.3 Å². The first-order valence-electron chi connectivity index (χ1n) is 13.6. The van der Waals surface area contributed by atoms with Gasteiger partial charge in [0.2, 0.25) is 0 Å². The largest absolute Gasteiger partial charge is 0.310 e. The zero-order valence-electron chi connectivity index (χ0n) is 21.5. The summed E-state index contributed by atoms with van der Waals surface area (Å²) in [6.07, 6.45) is 5.38. The minimum absolute atomic E-state index is 0.462. The van der Waals surface area contributed by atoms with Crippen molar-refractivity contribution in [3.8, 4) is 11.1 Å². The second kappa shape index (κ2) is 8.82. The highest BCUT2D eigenvalue weighted by molar-refractivity contribution is 5.97. The van der Waals surface area contributed by atoms with Crippen molar-refractivity contribution in [1.29, 1.82) is 0 Å². The van der Waals surface area contributed by atoms with Crippen molar-refractivity contribution in [3.05, 3.63) is 162 Å². The van der Waals surface area contributed by atoms with E-state index in [1.165, 1.54) is 39.0 Å². The normalized spacial score (nSPS) is 15.0. The summed E-state index contributed by atoms with van der Waals surface area (Å²) in [4.78, 5) is 6.94. The summed E-state index contributed by atoms with van der Waals surface area (Å²) in [7, 11) is 0. The van der Waals surface area contributed by atoms with Crippen molar-refractivity contribution >= 4 is 33.5 Å². The molecule has 0 bridgehead atoms. The Labute approximate surface area is 228 Å². The maximum absolute atomic E-state index is 4.61. The number of benzene rings is 5. The summed E-state index contributed by atoms with van der Waals surface area (Å²) < 4.78 is 0. The van der Waals surface area contributed by atoms with E-state index in [1.54, 1.807) is 0 Å². The minimum Gasteiger partial charge on any atom is -0.310 e. The Kier molecular flexibility index (Phi) is 4.99. The van der Waals surface area contributed by atoms with Crippen LogP contribution in [-0.4, -0.2) is 4.98 Å². The molecule has 0 spiro atoms. The van der Waals surface area contributed by atoms with Crippen LogP contribution in [0.5, 0.6) is 0 Å². The third kappa shape index (κ3) is 3.45. The molecule has 0 N–H and O–H groups in total. The van der Waals surface area contributed by atoms with Crippen LogP contribution in [0.2, 0.25) is 0 Å². The summed E-state index contributed by atoms with van der Waals surface area (Å²) in [6, 6.07) is 45.8. The number of allylic oxidation sites excluding steroid dienone is 1. The average molecular weight is 499 g/mol. The molecular weight excluding hydrogens is 472 g/mol. The molecule has 6 aromatic rings. The zero-order valence-corrected chi connectivity index (χ0v) is 21.5. The molecule has 5 aromatic carbocycles. The number of pyridine rings is 1. The van der Waals surface area contributed by atoms with Crippen molar-refractivity contribution in [2.24, 2.45) is 0 Å². The number of anilines is 3. The summed E-state index contributed by atoms with van der Waals surface area (Å²) in [6.45, 7) is 0. The van der Waals surface area contributed by atoms with Gasteiger partial charge in [-0.25, -0.2) is 0 Å². The molecule has 0 fully saturated rings. The van der Waals surface area contributed by atoms with Crippen molar-refractivity contribution in [2.45, 2.75) is 12.3 Å². The van der Waals surface area contributed by atoms with E-state index in [2.05, 4.69) is 137 Å². The van der Waals surface area contributed by atoms with Gasteiger partial charge in [-0.2, -0.15) is 0 Å². The first-order chi connectivity index (χ1) is 19.4. The lowest BCUT2D eigenvalue weighted by Gasteiger charge is -2.27. The quantitative estimate of drug-likeness (QED) is 0.240. The summed E-state index contributed by atoms with van der Waals surface area (Å²) in [5, 5.41) is 1.13. The lowest BCUT2D eigenvalue weighted by Crippen LogP contribution is -2.11. The first kappa shape index (κ1) is 22.1. The van der Waals surface area contributed by atoms with Crippen LogP contribution in [0.1, 0.15) is 34.6 Å². The molecule has 1 heterocycles. The van der Waals surface area contributed by atoms with Gasteiger partial charge < -0.3 is 4.90 Å². The smallest absolute Gasteiger partial charge is 0.0723 e. The highest BCUT2D eigenvalue weighted by Gasteiger charge is 2.33. The Balaban J connectivity index is 1.22. The van der Waals surface area contributed by atoms with Gasteiger partial charge in [0, 0.05) is 28.9 Å². The summed E-state index contributed by atoms with van der Waals surface area (Å²) >= 11 is 0. The van der Waals surface area contributed by atoms with Gasteiger partial charge in [0.05, 0.1) is 11.2 Å². The van der Waals surface area contributed by atoms with Crippen LogP contribution in [0.3, 0.4) is 0 Å². The Morgan fingerprint density at radius 2 is 1.31 bits per heavy atom. The van der Waals surface area contributed by atoms with E-state index < -0.39 is 0 Å². The predicted molar refractivity (Wildman–Crippen MR) is 162 cm³/mol. The van der Waals surface area contributed by atoms with Crippen LogP contribution in [0.4, 0.5) is 17.1 Å². The fourth-order valence-electron chi connectivity index (χ4n) is 6.55. The molecule has 2 nitrogen and oxygen atoms in total. The monoisotopic (exact) mass is 498 g/mol. The molecule has 1 unspecified atom stereocenters. The number of rotatable bonds is 4. The van der Waals surface area contributed by atoms with E-state index in [0.717, 1.165) is 34.4 Å². The standard InChI is InChI=1S/C37H26N2/c1-2-9-26(10-3-1)39(36-23-24-38-35-16-7-6-13-34(35)36)27-19-17-25(18-20-27)28-21-22-33-30-12-5-4-11-29(30)32-15-8-14-31(28)37(32)33/h1-21,23-24,33H,22H2. The first-order valence-corrected chi connectivity index (χ1v) is 13.6. The van der Waals surface area contributed by atoms with Gasteiger partial charge in [-0.1, -0.05) is 97.1 Å². The van der Waals surface area contributed by atoms with Crippen LogP contribution >= 0.6 is 0 Å². The number of para-hydroxylation sites is 2. The minimum atomic E-state index is 0.462. The van der Waals surface area contributed by atoms with E-state index >= 15 is 0 Å². The molecule has 184 valence electrons. The van der Waals surface area contributed by atoms with Crippen LogP contribution in [0, 0.1) is 0 Å². The lowest BCUT2D eigenvalue weighted by molar-refractivity contribution is 0.840. The molecule has 0 amide bonds. The van der Waals surface area contributed by atoms with E-state index in [0.29, 0.717) is 5.92 Å². The van der Waals surface area contributed by atoms with Crippen LogP contribution in [-0.2, 0) is 0 Å². The lowest BCUT2D eigenvalue weighted by atomic mass is 9.80. The fraction of sp³-hybridized carbons (Fsp3) is 0.0541. The van der Waals surface area contributed by atoms with Crippen LogP contribution in [0.15, 0.2) is 140 Å². The molecule has 2 heteroatoms. The van der Waals surface area contributed by atoms with E-state index in [4.69, 9.17) is 0 Å². The maximum Gasteiger partial charge on any atom is 0.0723 e. The Bertz CT molecular complexity index is 1880. The van der Waals surface area contributed by atoms with Crippen molar-refractivity contribution in [3.63, 3.8) is 0 Å². The van der Waals surface area contributed by atoms with Crippen LogP contribution in [0.25, 0.3) is 27.6 Å². The van der Waals surface area contributed by atoms with Crippen molar-refractivity contribution in [2.75, 3.05) is 4.90 Å². The molecule has 1 atom stereocenters. The summed E-state index contributed by atoms with van der Waals surface area (Å²) in [5.41, 5.74) is 14.1. The van der Waals surface area contributed by atoms with E-state index in [9.17, 15) is 0 Å². The average Bonchev–Trinajstić information content (AvgIpc) is 3.34. The Morgan fingerprint density at radius 3 is 2.21 bits per heavy atom. The van der Waals surface area contributed by atoms with Gasteiger partial charge >= 0.3 is 0 Å². The molecule has 0 saturated heterocycles. The predicted octanol–water partition coefficient (Wildman–Crippen LogP) is 9.65.